The molecule has 2 fully saturated rings. The third-order valence-electron chi connectivity index (χ3n) is 4.06. The second-order valence-electron chi connectivity index (χ2n) is 5.47. The maximum Gasteiger partial charge on any atom is 0.187 e. The van der Waals surface area contributed by atoms with E-state index in [4.69, 9.17) is 0 Å². The predicted octanol–water partition coefficient (Wildman–Crippen LogP) is 1.77. The lowest BCUT2D eigenvalue weighted by atomic mass is 10.1. The highest BCUT2D eigenvalue weighted by atomic mass is 32.2. The van der Waals surface area contributed by atoms with Crippen LogP contribution in [0.15, 0.2) is 17.6 Å². The number of thioether (sulfide) groups is 1. The standard InChI is InChI=1S/C14H22N4S/c1-2-5-19-14-16-6-11(7-17-14)10-18-4-3-12-8-15-9-13(12)18/h6-7,12-13,15H,2-5,8-10H2,1H3/t12-,13+/m0/s1. The average molecular weight is 278 g/mol. The molecule has 1 aromatic heterocycles. The molecule has 1 N–H and O–H groups in total. The van der Waals surface area contributed by atoms with Crippen LogP contribution in [0.4, 0.5) is 0 Å². The fourth-order valence-electron chi connectivity index (χ4n) is 3.06. The molecule has 0 unspecified atom stereocenters. The second kappa shape index (κ2) is 6.20. The molecule has 0 amide bonds. The Morgan fingerprint density at radius 2 is 2.21 bits per heavy atom. The molecule has 0 aliphatic carbocycles. The van der Waals surface area contributed by atoms with Gasteiger partial charge in [-0.3, -0.25) is 4.90 Å². The van der Waals surface area contributed by atoms with Crippen LogP contribution in [-0.2, 0) is 6.54 Å². The molecule has 2 atom stereocenters. The molecule has 0 saturated carbocycles. The molecule has 2 aliphatic rings. The minimum Gasteiger partial charge on any atom is -0.315 e. The summed E-state index contributed by atoms with van der Waals surface area (Å²) in [5.41, 5.74) is 1.24. The van der Waals surface area contributed by atoms with Gasteiger partial charge in [-0.05, 0) is 31.8 Å². The Morgan fingerprint density at radius 3 is 3.00 bits per heavy atom. The van der Waals surface area contributed by atoms with Gasteiger partial charge in [-0.1, -0.05) is 18.7 Å². The molecule has 2 saturated heterocycles. The van der Waals surface area contributed by atoms with E-state index in [-0.39, 0.29) is 0 Å². The van der Waals surface area contributed by atoms with E-state index in [0.717, 1.165) is 36.0 Å². The van der Waals surface area contributed by atoms with Gasteiger partial charge in [0.2, 0.25) is 0 Å². The molecule has 4 nitrogen and oxygen atoms in total. The van der Waals surface area contributed by atoms with Gasteiger partial charge in [0.15, 0.2) is 5.16 Å². The second-order valence-corrected chi connectivity index (χ2v) is 6.53. The molecule has 2 aliphatic heterocycles. The molecular formula is C14H22N4S. The van der Waals surface area contributed by atoms with Gasteiger partial charge < -0.3 is 5.32 Å². The monoisotopic (exact) mass is 278 g/mol. The summed E-state index contributed by atoms with van der Waals surface area (Å²) in [5, 5.41) is 4.41. The molecule has 0 spiro atoms. The minimum atomic E-state index is 0.731. The molecule has 3 rings (SSSR count). The van der Waals surface area contributed by atoms with Gasteiger partial charge in [0, 0.05) is 42.8 Å². The Bertz CT molecular complexity index is 408. The first-order chi connectivity index (χ1) is 9.36. The highest BCUT2D eigenvalue weighted by molar-refractivity contribution is 7.99. The van der Waals surface area contributed by atoms with Crippen molar-refractivity contribution in [2.75, 3.05) is 25.4 Å². The van der Waals surface area contributed by atoms with Crippen molar-refractivity contribution in [2.45, 2.75) is 37.5 Å². The van der Waals surface area contributed by atoms with Crippen LogP contribution < -0.4 is 5.32 Å². The lowest BCUT2D eigenvalue weighted by Crippen LogP contribution is -2.33. The zero-order valence-corrected chi connectivity index (χ0v) is 12.3. The maximum absolute atomic E-state index is 4.45. The van der Waals surface area contributed by atoms with Crippen LogP contribution in [0, 0.1) is 5.92 Å². The number of rotatable bonds is 5. The van der Waals surface area contributed by atoms with Gasteiger partial charge in [-0.15, -0.1) is 0 Å². The van der Waals surface area contributed by atoms with Gasteiger partial charge >= 0.3 is 0 Å². The predicted molar refractivity (Wildman–Crippen MR) is 78.2 cm³/mol. The van der Waals surface area contributed by atoms with Crippen LogP contribution in [0.2, 0.25) is 0 Å². The van der Waals surface area contributed by atoms with Crippen LogP contribution in [0.3, 0.4) is 0 Å². The molecule has 5 heteroatoms. The van der Waals surface area contributed by atoms with Gasteiger partial charge in [0.05, 0.1) is 0 Å². The Balaban J connectivity index is 1.57. The quantitative estimate of drug-likeness (QED) is 0.657. The summed E-state index contributed by atoms with van der Waals surface area (Å²) in [6.07, 6.45) is 6.50. The summed E-state index contributed by atoms with van der Waals surface area (Å²) in [4.78, 5) is 11.5. The molecule has 3 heterocycles. The van der Waals surface area contributed by atoms with E-state index >= 15 is 0 Å². The smallest absolute Gasteiger partial charge is 0.187 e. The third-order valence-corrected chi connectivity index (χ3v) is 5.14. The summed E-state index contributed by atoms with van der Waals surface area (Å²) in [7, 11) is 0. The number of hydrogen-bond acceptors (Lipinski definition) is 5. The minimum absolute atomic E-state index is 0.731. The Morgan fingerprint density at radius 1 is 1.37 bits per heavy atom. The largest absolute Gasteiger partial charge is 0.315 e. The van der Waals surface area contributed by atoms with Crippen molar-refractivity contribution in [1.29, 1.82) is 0 Å². The molecule has 0 bridgehead atoms. The van der Waals surface area contributed by atoms with Gasteiger partial charge in [0.1, 0.15) is 0 Å². The molecule has 104 valence electrons. The van der Waals surface area contributed by atoms with Gasteiger partial charge in [-0.2, -0.15) is 0 Å². The maximum atomic E-state index is 4.45. The lowest BCUT2D eigenvalue weighted by molar-refractivity contribution is 0.243. The van der Waals surface area contributed by atoms with E-state index in [2.05, 4.69) is 27.1 Å². The van der Waals surface area contributed by atoms with E-state index in [1.807, 2.05) is 12.4 Å². The average Bonchev–Trinajstić information content (AvgIpc) is 3.03. The van der Waals surface area contributed by atoms with Crippen molar-refractivity contribution < 1.29 is 0 Å². The summed E-state index contributed by atoms with van der Waals surface area (Å²) in [5.74, 6) is 1.96. The molecule has 0 radical (unpaired) electrons. The fraction of sp³-hybridized carbons (Fsp3) is 0.714. The van der Waals surface area contributed by atoms with Crippen molar-refractivity contribution in [3.05, 3.63) is 18.0 Å². The van der Waals surface area contributed by atoms with Crippen LogP contribution in [0.5, 0.6) is 0 Å². The first-order valence-corrected chi connectivity index (χ1v) is 8.24. The number of nitrogens with one attached hydrogen (secondary N) is 1. The van der Waals surface area contributed by atoms with Crippen molar-refractivity contribution in [3.63, 3.8) is 0 Å². The summed E-state index contributed by atoms with van der Waals surface area (Å²) < 4.78 is 0. The SMILES string of the molecule is CCCSc1ncc(CN2CC[C@H]3CNC[C@H]32)cn1. The summed E-state index contributed by atoms with van der Waals surface area (Å²) in [6.45, 7) is 6.76. The highest BCUT2D eigenvalue weighted by Crippen LogP contribution is 2.28. The van der Waals surface area contributed by atoms with E-state index in [9.17, 15) is 0 Å². The van der Waals surface area contributed by atoms with E-state index in [1.54, 1.807) is 11.8 Å². The van der Waals surface area contributed by atoms with Gasteiger partial charge in [0.25, 0.3) is 0 Å². The number of nitrogens with zero attached hydrogens (tertiary/aromatic N) is 3. The van der Waals surface area contributed by atoms with E-state index in [0.29, 0.717) is 0 Å². The van der Waals surface area contributed by atoms with E-state index in [1.165, 1.54) is 31.5 Å². The normalized spacial score (nSPS) is 26.8. The van der Waals surface area contributed by atoms with Crippen molar-refractivity contribution in [1.82, 2.24) is 20.2 Å². The topological polar surface area (TPSA) is 41.1 Å². The Kier molecular flexibility index (Phi) is 4.35. The molecule has 1 aromatic rings. The van der Waals surface area contributed by atoms with Crippen LogP contribution >= 0.6 is 11.8 Å². The Labute approximate surface area is 119 Å². The highest BCUT2D eigenvalue weighted by Gasteiger charge is 2.37. The van der Waals surface area contributed by atoms with Crippen LogP contribution in [-0.4, -0.2) is 46.3 Å². The van der Waals surface area contributed by atoms with Crippen LogP contribution in [0.25, 0.3) is 0 Å². The van der Waals surface area contributed by atoms with Gasteiger partial charge in [-0.25, -0.2) is 9.97 Å². The number of aromatic nitrogens is 2. The molecule has 19 heavy (non-hydrogen) atoms. The number of hydrogen-bond donors (Lipinski definition) is 1. The fourth-order valence-corrected chi connectivity index (χ4v) is 3.70. The third kappa shape index (κ3) is 3.09. The Hall–Kier alpha value is -0.650. The number of likely N-dealkylation sites (tertiary alicyclic amines) is 1. The van der Waals surface area contributed by atoms with Crippen molar-refractivity contribution in [2.24, 2.45) is 5.92 Å². The van der Waals surface area contributed by atoms with E-state index < -0.39 is 0 Å². The molecule has 0 aromatic carbocycles. The zero-order chi connectivity index (χ0) is 13.1. The van der Waals surface area contributed by atoms with Crippen LogP contribution in [0.1, 0.15) is 25.3 Å². The number of fused-ring (bicyclic) bond motifs is 1. The first kappa shape index (κ1) is 13.3. The van der Waals surface area contributed by atoms with Crippen molar-refractivity contribution >= 4 is 11.8 Å². The summed E-state index contributed by atoms with van der Waals surface area (Å²) >= 11 is 1.74. The molecular weight excluding hydrogens is 256 g/mol. The lowest BCUT2D eigenvalue weighted by Gasteiger charge is -2.22. The first-order valence-electron chi connectivity index (χ1n) is 7.25. The summed E-state index contributed by atoms with van der Waals surface area (Å²) in [6, 6.07) is 0.731. The zero-order valence-electron chi connectivity index (χ0n) is 11.5. The van der Waals surface area contributed by atoms with Crippen molar-refractivity contribution in [3.8, 4) is 0 Å².